The molecule has 4 nitrogen and oxygen atoms in total. The van der Waals surface area contributed by atoms with Crippen LogP contribution in [0.4, 0.5) is 0 Å². The zero-order chi connectivity index (χ0) is 8.23. The van der Waals surface area contributed by atoms with Crippen LogP contribution in [-0.4, -0.2) is 20.2 Å². The molecule has 4 heteroatoms. The number of hydrogen-bond acceptors (Lipinski definition) is 3. The summed E-state index contributed by atoms with van der Waals surface area (Å²) in [7, 11) is 0. The molecule has 0 unspecified atom stereocenters. The van der Waals surface area contributed by atoms with Gasteiger partial charge in [-0.3, -0.25) is 0 Å². The minimum Gasteiger partial charge on any atom is -0.218 e. The van der Waals surface area contributed by atoms with Crippen LogP contribution >= 0.6 is 0 Å². The quantitative estimate of drug-likeness (QED) is 0.641. The minimum absolute atomic E-state index is 0.674. The first-order chi connectivity index (χ1) is 5.95. The Bertz CT molecular complexity index is 327. The molecular weight excluding hydrogens is 152 g/mol. The Morgan fingerprint density at radius 2 is 2.08 bits per heavy atom. The topological polar surface area (TPSA) is 43.6 Å². The lowest BCUT2D eigenvalue weighted by molar-refractivity contribution is 0.645. The molecular formula is C8H7N4. The highest BCUT2D eigenvalue weighted by atomic mass is 15.5. The molecule has 12 heavy (non-hydrogen) atoms. The van der Waals surface area contributed by atoms with Gasteiger partial charge in [0.1, 0.15) is 0 Å². The van der Waals surface area contributed by atoms with E-state index in [-0.39, 0.29) is 0 Å². The summed E-state index contributed by atoms with van der Waals surface area (Å²) in [5.41, 5.74) is 1.17. The zero-order valence-corrected chi connectivity index (χ0v) is 6.38. The standard InChI is InChI=1S/C8H7N4/c1-2-4-8(5-3-1)6-12-7-9-10-11-12/h1-5H,6H2. The molecule has 0 bridgehead atoms. The molecule has 0 atom stereocenters. The molecule has 1 radical (unpaired) electrons. The number of hydrogen-bond donors (Lipinski definition) is 0. The Hall–Kier alpha value is -1.71. The number of nitrogens with zero attached hydrogens (tertiary/aromatic N) is 4. The summed E-state index contributed by atoms with van der Waals surface area (Å²) in [6, 6.07) is 10.00. The van der Waals surface area contributed by atoms with Gasteiger partial charge in [0.25, 0.3) is 0 Å². The Morgan fingerprint density at radius 1 is 1.25 bits per heavy atom. The van der Waals surface area contributed by atoms with Crippen molar-refractivity contribution in [2.45, 2.75) is 6.54 Å². The first-order valence-electron chi connectivity index (χ1n) is 3.63. The van der Waals surface area contributed by atoms with Gasteiger partial charge in [-0.05, 0) is 16.0 Å². The van der Waals surface area contributed by atoms with Crippen LogP contribution in [0.25, 0.3) is 0 Å². The average molecular weight is 159 g/mol. The second-order valence-corrected chi connectivity index (χ2v) is 2.42. The molecule has 0 saturated carbocycles. The van der Waals surface area contributed by atoms with E-state index in [4.69, 9.17) is 0 Å². The lowest BCUT2D eigenvalue weighted by Gasteiger charge is -1.97. The molecule has 1 aromatic carbocycles. The number of rotatable bonds is 2. The summed E-state index contributed by atoms with van der Waals surface area (Å²) < 4.78 is 1.56. The van der Waals surface area contributed by atoms with Crippen molar-refractivity contribution in [3.05, 3.63) is 42.2 Å². The number of tetrazole rings is 1. The Kier molecular flexibility index (Phi) is 1.82. The predicted molar refractivity (Wildman–Crippen MR) is 42.2 cm³/mol. The van der Waals surface area contributed by atoms with Crippen LogP contribution in [0.5, 0.6) is 0 Å². The average Bonchev–Trinajstić information content (AvgIpc) is 2.59. The largest absolute Gasteiger partial charge is 0.221 e. The van der Waals surface area contributed by atoms with Gasteiger partial charge in [-0.1, -0.05) is 30.3 Å². The lowest BCUT2D eigenvalue weighted by atomic mass is 10.2. The highest BCUT2D eigenvalue weighted by Gasteiger charge is 1.94. The van der Waals surface area contributed by atoms with E-state index in [2.05, 4.69) is 21.9 Å². The minimum atomic E-state index is 0.674. The molecule has 0 aliphatic carbocycles. The van der Waals surface area contributed by atoms with Crippen LogP contribution in [0.3, 0.4) is 0 Å². The van der Waals surface area contributed by atoms with Crippen molar-refractivity contribution in [3.63, 3.8) is 0 Å². The number of aromatic nitrogens is 4. The van der Waals surface area contributed by atoms with E-state index in [0.29, 0.717) is 6.54 Å². The molecule has 59 valence electrons. The predicted octanol–water partition coefficient (Wildman–Crippen LogP) is 0.522. The third-order valence-electron chi connectivity index (χ3n) is 1.53. The van der Waals surface area contributed by atoms with E-state index >= 15 is 0 Å². The maximum absolute atomic E-state index is 3.71. The Labute approximate surface area is 69.8 Å². The van der Waals surface area contributed by atoms with Crippen molar-refractivity contribution < 1.29 is 0 Å². The van der Waals surface area contributed by atoms with Gasteiger partial charge in [0, 0.05) is 0 Å². The molecule has 0 spiro atoms. The second kappa shape index (κ2) is 3.13. The third-order valence-corrected chi connectivity index (χ3v) is 1.53. The van der Waals surface area contributed by atoms with E-state index in [1.165, 1.54) is 5.56 Å². The smallest absolute Gasteiger partial charge is 0.218 e. The maximum atomic E-state index is 3.71. The molecule has 1 aromatic heterocycles. The van der Waals surface area contributed by atoms with Gasteiger partial charge in [-0.15, -0.1) is 5.10 Å². The van der Waals surface area contributed by atoms with Gasteiger partial charge in [-0.25, -0.2) is 4.68 Å². The zero-order valence-electron chi connectivity index (χ0n) is 6.38. The summed E-state index contributed by atoms with van der Waals surface area (Å²) in [6.45, 7) is 0.674. The SMILES string of the molecule is [c]1nnnn1Cc1ccccc1. The Balaban J connectivity index is 2.15. The van der Waals surface area contributed by atoms with Gasteiger partial charge in [0.15, 0.2) is 0 Å². The normalized spacial score (nSPS) is 10.0. The molecule has 0 aliphatic heterocycles. The van der Waals surface area contributed by atoms with Crippen molar-refractivity contribution in [1.82, 2.24) is 20.2 Å². The van der Waals surface area contributed by atoms with Crippen LogP contribution < -0.4 is 0 Å². The van der Waals surface area contributed by atoms with Crippen molar-refractivity contribution in [2.75, 3.05) is 0 Å². The molecule has 0 saturated heterocycles. The summed E-state index contributed by atoms with van der Waals surface area (Å²) in [5.74, 6) is 0. The van der Waals surface area contributed by atoms with Crippen LogP contribution in [0.1, 0.15) is 5.56 Å². The lowest BCUT2D eigenvalue weighted by Crippen LogP contribution is -2.00. The summed E-state index contributed by atoms with van der Waals surface area (Å²) in [5, 5.41) is 10.6. The van der Waals surface area contributed by atoms with Crippen molar-refractivity contribution >= 4 is 0 Å². The molecule has 0 amide bonds. The fourth-order valence-corrected chi connectivity index (χ4v) is 0.983. The van der Waals surface area contributed by atoms with Crippen molar-refractivity contribution in [3.8, 4) is 0 Å². The van der Waals surface area contributed by atoms with E-state index in [1.807, 2.05) is 30.3 Å². The molecule has 2 rings (SSSR count). The van der Waals surface area contributed by atoms with Gasteiger partial charge in [0.05, 0.1) is 6.54 Å². The second-order valence-electron chi connectivity index (χ2n) is 2.42. The van der Waals surface area contributed by atoms with Gasteiger partial charge in [-0.2, -0.15) is 0 Å². The summed E-state index contributed by atoms with van der Waals surface area (Å²) in [4.78, 5) is 0. The molecule has 0 N–H and O–H groups in total. The fourth-order valence-electron chi connectivity index (χ4n) is 0.983. The molecule has 0 fully saturated rings. The fraction of sp³-hybridized carbons (Fsp3) is 0.125. The van der Waals surface area contributed by atoms with E-state index in [0.717, 1.165) is 0 Å². The van der Waals surface area contributed by atoms with Crippen LogP contribution in [-0.2, 0) is 6.54 Å². The van der Waals surface area contributed by atoms with Crippen LogP contribution in [0.2, 0.25) is 0 Å². The third kappa shape index (κ3) is 1.47. The van der Waals surface area contributed by atoms with E-state index in [1.54, 1.807) is 4.68 Å². The first-order valence-corrected chi connectivity index (χ1v) is 3.63. The summed E-state index contributed by atoms with van der Waals surface area (Å²) in [6.07, 6.45) is 2.63. The number of benzene rings is 1. The molecule has 2 aromatic rings. The van der Waals surface area contributed by atoms with Crippen molar-refractivity contribution in [1.29, 1.82) is 0 Å². The molecule has 1 heterocycles. The molecule has 0 aliphatic rings. The van der Waals surface area contributed by atoms with Gasteiger partial charge < -0.3 is 0 Å². The summed E-state index contributed by atoms with van der Waals surface area (Å²) >= 11 is 0. The van der Waals surface area contributed by atoms with E-state index < -0.39 is 0 Å². The van der Waals surface area contributed by atoms with Gasteiger partial charge in [0.2, 0.25) is 6.33 Å². The van der Waals surface area contributed by atoms with Gasteiger partial charge >= 0.3 is 0 Å². The highest BCUT2D eigenvalue weighted by Crippen LogP contribution is 1.98. The monoisotopic (exact) mass is 159 g/mol. The highest BCUT2D eigenvalue weighted by molar-refractivity contribution is 5.14. The van der Waals surface area contributed by atoms with Crippen LogP contribution in [0.15, 0.2) is 30.3 Å². The Morgan fingerprint density at radius 3 is 2.75 bits per heavy atom. The van der Waals surface area contributed by atoms with Crippen molar-refractivity contribution in [2.24, 2.45) is 0 Å². The van der Waals surface area contributed by atoms with Crippen LogP contribution in [0, 0.1) is 6.33 Å². The maximum Gasteiger partial charge on any atom is 0.221 e. The first kappa shape index (κ1) is 6.97. The van der Waals surface area contributed by atoms with E-state index in [9.17, 15) is 0 Å².